The lowest BCUT2D eigenvalue weighted by atomic mass is 10.2. The molecule has 0 unspecified atom stereocenters. The van der Waals surface area contributed by atoms with E-state index in [0.717, 1.165) is 24.3 Å². The number of aromatic nitrogens is 1. The molecule has 0 saturated carbocycles. The lowest BCUT2D eigenvalue weighted by Crippen LogP contribution is -2.16. The van der Waals surface area contributed by atoms with Gasteiger partial charge < -0.3 is 5.32 Å². The highest BCUT2D eigenvalue weighted by atomic mass is 32.2. The smallest absolute Gasteiger partial charge is 0.261 e. The van der Waals surface area contributed by atoms with E-state index in [-0.39, 0.29) is 21.8 Å². The predicted molar refractivity (Wildman–Crippen MR) is 95.8 cm³/mol. The summed E-state index contributed by atoms with van der Waals surface area (Å²) in [6.07, 6.45) is 2.42. The summed E-state index contributed by atoms with van der Waals surface area (Å²) in [6, 6.07) is 11.1. The number of anilines is 2. The number of amides is 1. The number of nitrogens with zero attached hydrogens (tertiary/aromatic N) is 1. The Kier molecular flexibility index (Phi) is 5.13. The average molecular weight is 389 g/mol. The molecule has 0 spiro atoms. The van der Waals surface area contributed by atoms with Gasteiger partial charge in [0.1, 0.15) is 11.6 Å². The van der Waals surface area contributed by atoms with Crippen LogP contribution >= 0.6 is 0 Å². The Bertz CT molecular complexity index is 1090. The summed E-state index contributed by atoms with van der Waals surface area (Å²) >= 11 is 0. The largest absolute Gasteiger partial charge is 0.319 e. The van der Waals surface area contributed by atoms with Gasteiger partial charge in [0.2, 0.25) is 0 Å². The van der Waals surface area contributed by atoms with Crippen LogP contribution in [0.2, 0.25) is 0 Å². The van der Waals surface area contributed by atoms with Crippen LogP contribution in [-0.2, 0) is 10.0 Å². The maximum Gasteiger partial charge on any atom is 0.261 e. The standard InChI is InChI=1S/C18H13F2N3O3S/c19-13-5-7-15(8-6-13)27(25,26)23-14-9-12(10-21-11-14)18(24)22-17-4-2-1-3-16(17)20/h1-11,23H,(H,22,24). The summed E-state index contributed by atoms with van der Waals surface area (Å²) in [5.41, 5.74) is 0.0397. The summed E-state index contributed by atoms with van der Waals surface area (Å²) in [7, 11) is -3.99. The van der Waals surface area contributed by atoms with Crippen LogP contribution in [0.25, 0.3) is 0 Å². The van der Waals surface area contributed by atoms with Gasteiger partial charge in [-0.1, -0.05) is 12.1 Å². The molecule has 0 saturated heterocycles. The number of carbonyl (C=O) groups is 1. The molecule has 1 amide bonds. The van der Waals surface area contributed by atoms with E-state index >= 15 is 0 Å². The van der Waals surface area contributed by atoms with Gasteiger partial charge >= 0.3 is 0 Å². The molecule has 9 heteroatoms. The number of nitrogens with one attached hydrogen (secondary N) is 2. The molecule has 3 aromatic rings. The maximum absolute atomic E-state index is 13.6. The summed E-state index contributed by atoms with van der Waals surface area (Å²) in [5.74, 6) is -1.83. The molecular weight excluding hydrogens is 376 g/mol. The van der Waals surface area contributed by atoms with Crippen molar-refractivity contribution in [3.05, 3.63) is 84.2 Å². The molecule has 0 aliphatic rings. The molecule has 0 fully saturated rings. The molecule has 2 N–H and O–H groups in total. The molecule has 27 heavy (non-hydrogen) atoms. The van der Waals surface area contributed by atoms with Crippen molar-refractivity contribution in [2.45, 2.75) is 4.90 Å². The van der Waals surface area contributed by atoms with E-state index in [9.17, 15) is 22.0 Å². The van der Waals surface area contributed by atoms with Crippen LogP contribution in [-0.4, -0.2) is 19.3 Å². The number of carbonyl (C=O) groups excluding carboxylic acids is 1. The van der Waals surface area contributed by atoms with Gasteiger partial charge in [-0.3, -0.25) is 14.5 Å². The van der Waals surface area contributed by atoms with Crippen LogP contribution < -0.4 is 10.0 Å². The van der Waals surface area contributed by atoms with Gasteiger partial charge in [-0.2, -0.15) is 0 Å². The topological polar surface area (TPSA) is 88.2 Å². The highest BCUT2D eigenvalue weighted by molar-refractivity contribution is 7.92. The van der Waals surface area contributed by atoms with Gasteiger partial charge in [0.25, 0.3) is 15.9 Å². The highest BCUT2D eigenvalue weighted by Crippen LogP contribution is 2.18. The molecule has 0 bridgehead atoms. The molecule has 0 radical (unpaired) electrons. The zero-order valence-corrected chi connectivity index (χ0v) is 14.5. The first kappa shape index (κ1) is 18.5. The van der Waals surface area contributed by atoms with Crippen molar-refractivity contribution in [1.82, 2.24) is 4.98 Å². The summed E-state index contributed by atoms with van der Waals surface area (Å²) < 4.78 is 53.5. The Balaban J connectivity index is 1.80. The second-order valence-electron chi connectivity index (χ2n) is 5.46. The molecular formula is C18H13F2N3O3S. The van der Waals surface area contributed by atoms with E-state index in [1.165, 1.54) is 36.7 Å². The third kappa shape index (κ3) is 4.45. The van der Waals surface area contributed by atoms with Crippen molar-refractivity contribution < 1.29 is 22.0 Å². The molecule has 2 aromatic carbocycles. The van der Waals surface area contributed by atoms with Gasteiger partial charge in [0, 0.05) is 6.20 Å². The number of hydrogen-bond acceptors (Lipinski definition) is 4. The maximum atomic E-state index is 13.6. The fraction of sp³-hybridized carbons (Fsp3) is 0. The van der Waals surface area contributed by atoms with E-state index in [1.807, 2.05) is 0 Å². The fourth-order valence-electron chi connectivity index (χ4n) is 2.20. The monoisotopic (exact) mass is 389 g/mol. The third-order valence-corrected chi connectivity index (χ3v) is 4.90. The average Bonchev–Trinajstić information content (AvgIpc) is 2.64. The Morgan fingerprint density at radius 1 is 0.963 bits per heavy atom. The Morgan fingerprint density at radius 3 is 2.37 bits per heavy atom. The zero-order valence-electron chi connectivity index (χ0n) is 13.7. The summed E-state index contributed by atoms with van der Waals surface area (Å²) in [6.45, 7) is 0. The zero-order chi connectivity index (χ0) is 19.4. The fourth-order valence-corrected chi connectivity index (χ4v) is 3.24. The van der Waals surface area contributed by atoms with Crippen LogP contribution in [0.15, 0.2) is 71.9 Å². The number of para-hydroxylation sites is 1. The molecule has 0 aliphatic carbocycles. The van der Waals surface area contributed by atoms with Crippen molar-refractivity contribution >= 4 is 27.3 Å². The van der Waals surface area contributed by atoms with Crippen molar-refractivity contribution in [2.75, 3.05) is 10.0 Å². The normalized spacial score (nSPS) is 11.0. The molecule has 1 aromatic heterocycles. The van der Waals surface area contributed by atoms with Gasteiger partial charge in [0.15, 0.2) is 0 Å². The van der Waals surface area contributed by atoms with Gasteiger partial charge in [0.05, 0.1) is 28.0 Å². The third-order valence-electron chi connectivity index (χ3n) is 3.50. The Hall–Kier alpha value is -3.33. The molecule has 3 rings (SSSR count). The van der Waals surface area contributed by atoms with E-state index < -0.39 is 27.6 Å². The minimum absolute atomic E-state index is 0.0141. The van der Waals surface area contributed by atoms with Crippen molar-refractivity contribution in [1.29, 1.82) is 0 Å². The minimum Gasteiger partial charge on any atom is -0.319 e. The van der Waals surface area contributed by atoms with Gasteiger partial charge in [-0.05, 0) is 42.5 Å². The van der Waals surface area contributed by atoms with Gasteiger partial charge in [-0.25, -0.2) is 17.2 Å². The number of hydrogen-bond donors (Lipinski definition) is 2. The van der Waals surface area contributed by atoms with Crippen LogP contribution in [0.4, 0.5) is 20.2 Å². The lowest BCUT2D eigenvalue weighted by Gasteiger charge is -2.10. The number of pyridine rings is 1. The number of halogens is 2. The molecule has 6 nitrogen and oxygen atoms in total. The van der Waals surface area contributed by atoms with Crippen LogP contribution in [0.1, 0.15) is 10.4 Å². The van der Waals surface area contributed by atoms with Crippen LogP contribution in [0.5, 0.6) is 0 Å². The van der Waals surface area contributed by atoms with E-state index in [0.29, 0.717) is 0 Å². The molecule has 1 heterocycles. The quantitative estimate of drug-likeness (QED) is 0.700. The molecule has 0 aliphatic heterocycles. The number of sulfonamides is 1. The van der Waals surface area contributed by atoms with Crippen molar-refractivity contribution in [2.24, 2.45) is 0 Å². The number of rotatable bonds is 5. The summed E-state index contributed by atoms with van der Waals surface area (Å²) in [4.78, 5) is 15.9. The van der Waals surface area contributed by atoms with E-state index in [2.05, 4.69) is 15.0 Å². The Labute approximate surface area is 153 Å². The molecule has 0 atom stereocenters. The summed E-state index contributed by atoms with van der Waals surface area (Å²) in [5, 5.41) is 2.38. The van der Waals surface area contributed by atoms with Gasteiger partial charge in [-0.15, -0.1) is 0 Å². The first-order valence-corrected chi connectivity index (χ1v) is 9.13. The minimum atomic E-state index is -3.99. The highest BCUT2D eigenvalue weighted by Gasteiger charge is 2.16. The second kappa shape index (κ2) is 7.50. The van der Waals surface area contributed by atoms with Crippen LogP contribution in [0, 0.1) is 11.6 Å². The predicted octanol–water partition coefficient (Wildman–Crippen LogP) is 3.41. The van der Waals surface area contributed by atoms with E-state index in [1.54, 1.807) is 6.07 Å². The number of benzene rings is 2. The van der Waals surface area contributed by atoms with Crippen LogP contribution in [0.3, 0.4) is 0 Å². The first-order valence-electron chi connectivity index (χ1n) is 7.64. The molecule has 138 valence electrons. The van der Waals surface area contributed by atoms with Crippen molar-refractivity contribution in [3.8, 4) is 0 Å². The second-order valence-corrected chi connectivity index (χ2v) is 7.14. The van der Waals surface area contributed by atoms with Crippen molar-refractivity contribution in [3.63, 3.8) is 0 Å². The SMILES string of the molecule is O=C(Nc1ccccc1F)c1cncc(NS(=O)(=O)c2ccc(F)cc2)c1. The Morgan fingerprint density at radius 2 is 1.67 bits per heavy atom. The lowest BCUT2D eigenvalue weighted by molar-refractivity contribution is 0.102. The van der Waals surface area contributed by atoms with E-state index in [4.69, 9.17) is 0 Å². The first-order chi connectivity index (χ1) is 12.8.